The third kappa shape index (κ3) is 3.60. The number of ether oxygens (including phenoxy) is 1. The summed E-state index contributed by atoms with van der Waals surface area (Å²) in [5, 5.41) is 2.94. The number of hydrogen-bond acceptors (Lipinski definition) is 3. The molecular formula is C22H24N2O3. The quantitative estimate of drug-likeness (QED) is 0.900. The van der Waals surface area contributed by atoms with Crippen molar-refractivity contribution in [2.24, 2.45) is 0 Å². The summed E-state index contributed by atoms with van der Waals surface area (Å²) in [6.45, 7) is 5.89. The normalized spacial score (nSPS) is 18.7. The fourth-order valence-corrected chi connectivity index (χ4v) is 4.04. The first-order valence-electron chi connectivity index (χ1n) is 9.43. The summed E-state index contributed by atoms with van der Waals surface area (Å²) >= 11 is 0. The summed E-state index contributed by atoms with van der Waals surface area (Å²) in [4.78, 5) is 27.6. The molecule has 0 unspecified atom stereocenters. The van der Waals surface area contributed by atoms with E-state index in [0.29, 0.717) is 24.2 Å². The first kappa shape index (κ1) is 17.7. The zero-order chi connectivity index (χ0) is 19.0. The predicted molar refractivity (Wildman–Crippen MR) is 104 cm³/mol. The maximum absolute atomic E-state index is 13.0. The van der Waals surface area contributed by atoms with Crippen molar-refractivity contribution in [1.82, 2.24) is 4.90 Å². The van der Waals surface area contributed by atoms with Crippen molar-refractivity contribution >= 4 is 17.5 Å². The predicted octanol–water partition coefficient (Wildman–Crippen LogP) is 3.69. The molecule has 2 aromatic carbocycles. The van der Waals surface area contributed by atoms with Crippen molar-refractivity contribution in [3.8, 4) is 0 Å². The number of hydrogen-bond donors (Lipinski definition) is 1. The minimum Gasteiger partial charge on any atom is -0.376 e. The summed E-state index contributed by atoms with van der Waals surface area (Å²) in [5.74, 6) is -0.323. The maximum atomic E-state index is 13.0. The summed E-state index contributed by atoms with van der Waals surface area (Å²) in [7, 11) is 0. The molecule has 2 aliphatic heterocycles. The molecule has 5 heteroatoms. The Morgan fingerprint density at radius 2 is 2.00 bits per heavy atom. The zero-order valence-electron chi connectivity index (χ0n) is 15.7. The molecule has 0 spiro atoms. The minimum atomic E-state index is -0.246. The highest BCUT2D eigenvalue weighted by Crippen LogP contribution is 2.28. The van der Waals surface area contributed by atoms with Crippen LogP contribution in [-0.4, -0.2) is 36.0 Å². The smallest absolute Gasteiger partial charge is 0.256 e. The molecule has 5 nitrogen and oxygen atoms in total. The van der Waals surface area contributed by atoms with Crippen LogP contribution in [0.2, 0.25) is 0 Å². The highest BCUT2D eigenvalue weighted by molar-refractivity contribution is 6.13. The highest BCUT2D eigenvalue weighted by atomic mass is 16.5. The average molecular weight is 364 g/mol. The fraction of sp³-hybridized carbons (Fsp3) is 0.364. The summed E-state index contributed by atoms with van der Waals surface area (Å²) in [6.07, 6.45) is 2.14. The zero-order valence-corrected chi connectivity index (χ0v) is 15.7. The summed E-state index contributed by atoms with van der Waals surface area (Å²) in [6, 6.07) is 11.4. The number of carbonyl (C=O) groups excluding carboxylic acids is 2. The van der Waals surface area contributed by atoms with E-state index < -0.39 is 0 Å². The van der Waals surface area contributed by atoms with Crippen molar-refractivity contribution in [2.45, 2.75) is 39.3 Å². The van der Waals surface area contributed by atoms with Gasteiger partial charge in [-0.05, 0) is 61.6 Å². The van der Waals surface area contributed by atoms with Crippen molar-refractivity contribution in [1.29, 1.82) is 0 Å². The van der Waals surface area contributed by atoms with Gasteiger partial charge in [0, 0.05) is 25.4 Å². The largest absolute Gasteiger partial charge is 0.376 e. The summed E-state index contributed by atoms with van der Waals surface area (Å²) in [5.41, 5.74) is 4.79. The van der Waals surface area contributed by atoms with E-state index in [9.17, 15) is 9.59 Å². The molecule has 0 aliphatic carbocycles. The van der Waals surface area contributed by atoms with Crippen LogP contribution in [0, 0.1) is 13.8 Å². The summed E-state index contributed by atoms with van der Waals surface area (Å²) < 4.78 is 5.67. The molecule has 1 fully saturated rings. The number of aryl methyl sites for hydroxylation is 2. The van der Waals surface area contributed by atoms with Crippen molar-refractivity contribution in [3.63, 3.8) is 0 Å². The minimum absolute atomic E-state index is 0.0772. The van der Waals surface area contributed by atoms with Gasteiger partial charge in [0.25, 0.3) is 11.8 Å². The molecule has 1 N–H and O–H groups in total. The molecule has 0 saturated carbocycles. The second kappa shape index (κ2) is 7.16. The maximum Gasteiger partial charge on any atom is 0.256 e. The lowest BCUT2D eigenvalue weighted by molar-refractivity contribution is 0.0544. The van der Waals surface area contributed by atoms with E-state index in [-0.39, 0.29) is 17.9 Å². The molecule has 27 heavy (non-hydrogen) atoms. The van der Waals surface area contributed by atoms with Crippen molar-refractivity contribution < 1.29 is 14.3 Å². The molecule has 0 radical (unpaired) electrons. The molecule has 0 bridgehead atoms. The van der Waals surface area contributed by atoms with Gasteiger partial charge in [-0.2, -0.15) is 0 Å². The Morgan fingerprint density at radius 1 is 1.22 bits per heavy atom. The standard InChI is InChI=1S/C22H24N2O3/c1-14-9-15(2)11-17(10-14)23-21(25)19-7-3-5-16-12-24(22(26)20(16)19)13-18-6-4-8-27-18/h3,5,7,9-11,18H,4,6,8,12-13H2,1-2H3,(H,23,25)/t18-/m0/s1. The molecule has 1 saturated heterocycles. The number of benzene rings is 2. The Hall–Kier alpha value is -2.66. The molecule has 2 heterocycles. The highest BCUT2D eigenvalue weighted by Gasteiger charge is 2.33. The Kier molecular flexibility index (Phi) is 4.70. The van der Waals surface area contributed by atoms with E-state index in [1.807, 2.05) is 38.1 Å². The van der Waals surface area contributed by atoms with E-state index in [2.05, 4.69) is 11.4 Å². The third-order valence-corrected chi connectivity index (χ3v) is 5.19. The Bertz CT molecular complexity index is 880. The van der Waals surface area contributed by atoms with E-state index in [0.717, 1.165) is 41.8 Å². The van der Waals surface area contributed by atoms with Gasteiger partial charge in [0.2, 0.25) is 0 Å². The van der Waals surface area contributed by atoms with Gasteiger partial charge < -0.3 is 15.0 Å². The Morgan fingerprint density at radius 3 is 2.70 bits per heavy atom. The third-order valence-electron chi connectivity index (χ3n) is 5.19. The Labute approximate surface area is 159 Å². The molecule has 1 atom stereocenters. The molecule has 2 aliphatic rings. The van der Waals surface area contributed by atoms with Gasteiger partial charge >= 0.3 is 0 Å². The molecule has 4 rings (SSSR count). The van der Waals surface area contributed by atoms with Crippen LogP contribution in [0.25, 0.3) is 0 Å². The van der Waals surface area contributed by atoms with Crippen LogP contribution >= 0.6 is 0 Å². The lowest BCUT2D eigenvalue weighted by Gasteiger charge is -2.19. The average Bonchev–Trinajstić information content (AvgIpc) is 3.23. The van der Waals surface area contributed by atoms with Gasteiger partial charge in [-0.3, -0.25) is 9.59 Å². The lowest BCUT2D eigenvalue weighted by atomic mass is 10.0. The lowest BCUT2D eigenvalue weighted by Crippen LogP contribution is -2.32. The SMILES string of the molecule is Cc1cc(C)cc(NC(=O)c2cccc3c2C(=O)N(C[C@@H]2CCCO2)C3)c1. The molecule has 2 aromatic rings. The number of nitrogens with one attached hydrogen (secondary N) is 1. The van der Waals surface area contributed by atoms with Crippen LogP contribution in [0.3, 0.4) is 0 Å². The first-order valence-corrected chi connectivity index (χ1v) is 9.43. The van der Waals surface area contributed by atoms with Crippen LogP contribution in [0.5, 0.6) is 0 Å². The number of nitrogens with zero attached hydrogens (tertiary/aromatic N) is 1. The Balaban J connectivity index is 1.56. The topological polar surface area (TPSA) is 58.6 Å². The number of amides is 2. The molecule has 0 aromatic heterocycles. The van der Waals surface area contributed by atoms with Gasteiger partial charge in [-0.1, -0.05) is 18.2 Å². The second-order valence-electron chi connectivity index (χ2n) is 7.49. The van der Waals surface area contributed by atoms with Crippen molar-refractivity contribution in [2.75, 3.05) is 18.5 Å². The van der Waals surface area contributed by atoms with E-state index in [4.69, 9.17) is 4.74 Å². The fourth-order valence-electron chi connectivity index (χ4n) is 4.04. The molecule has 140 valence electrons. The second-order valence-corrected chi connectivity index (χ2v) is 7.49. The van der Waals surface area contributed by atoms with Gasteiger partial charge in [0.05, 0.1) is 17.2 Å². The van der Waals surface area contributed by atoms with Crippen LogP contribution in [-0.2, 0) is 11.3 Å². The monoisotopic (exact) mass is 364 g/mol. The first-order chi connectivity index (χ1) is 13.0. The van der Waals surface area contributed by atoms with E-state index >= 15 is 0 Å². The number of carbonyl (C=O) groups is 2. The molecule has 2 amide bonds. The van der Waals surface area contributed by atoms with Gasteiger partial charge in [-0.25, -0.2) is 0 Å². The van der Waals surface area contributed by atoms with Gasteiger partial charge in [0.15, 0.2) is 0 Å². The van der Waals surface area contributed by atoms with Crippen LogP contribution in [0.4, 0.5) is 5.69 Å². The van der Waals surface area contributed by atoms with Crippen molar-refractivity contribution in [3.05, 3.63) is 64.2 Å². The molecular weight excluding hydrogens is 340 g/mol. The van der Waals surface area contributed by atoms with Crippen LogP contribution < -0.4 is 5.32 Å². The van der Waals surface area contributed by atoms with Gasteiger partial charge in [-0.15, -0.1) is 0 Å². The van der Waals surface area contributed by atoms with E-state index in [1.54, 1.807) is 11.0 Å². The van der Waals surface area contributed by atoms with Gasteiger partial charge in [0.1, 0.15) is 0 Å². The van der Waals surface area contributed by atoms with Crippen LogP contribution in [0.1, 0.15) is 50.2 Å². The number of anilines is 1. The van der Waals surface area contributed by atoms with E-state index in [1.165, 1.54) is 0 Å². The number of fused-ring (bicyclic) bond motifs is 1. The van der Waals surface area contributed by atoms with Crippen LogP contribution in [0.15, 0.2) is 36.4 Å². The number of rotatable bonds is 4.